The van der Waals surface area contributed by atoms with Gasteiger partial charge in [-0.25, -0.2) is 4.79 Å². The number of aliphatic carboxylic acids is 1. The highest BCUT2D eigenvalue weighted by Crippen LogP contribution is 2.10. The Kier molecular flexibility index (Phi) is 26.7. The quantitative estimate of drug-likeness (QED) is 0.107. The maximum Gasteiger partial charge on any atom is 0.336 e. The molecule has 0 saturated carbocycles. The smallest absolute Gasteiger partial charge is 0.336 e. The lowest BCUT2D eigenvalue weighted by atomic mass is 10.1. The van der Waals surface area contributed by atoms with Gasteiger partial charge in [-0.15, -0.1) is 6.58 Å². The Hall–Kier alpha value is -4.04. The van der Waals surface area contributed by atoms with Crippen molar-refractivity contribution in [1.82, 2.24) is 0 Å². The molecule has 0 bridgehead atoms. The summed E-state index contributed by atoms with van der Waals surface area (Å²) in [6.45, 7) is 5.28. The molecule has 1 aromatic heterocycles. The normalized spacial score (nSPS) is 9.00. The molecule has 0 aliphatic carbocycles. The number of unbranched alkanes of at least 4 members (excludes halogenated alkanes) is 7. The number of aldehydes is 2. The highest BCUT2D eigenvalue weighted by atomic mass is 16.5. The van der Waals surface area contributed by atoms with E-state index in [-0.39, 0.29) is 12.0 Å². The lowest BCUT2D eigenvalue weighted by Crippen LogP contribution is -1.93. The monoisotopic (exact) mass is 556 g/mol. The van der Waals surface area contributed by atoms with E-state index < -0.39 is 5.97 Å². The first kappa shape index (κ1) is 38.1. The lowest BCUT2D eigenvalue weighted by molar-refractivity contribution is -0.136. The van der Waals surface area contributed by atoms with Crippen molar-refractivity contribution in [2.75, 3.05) is 14.2 Å². The van der Waals surface area contributed by atoms with E-state index >= 15 is 0 Å². The number of hydrogen-bond donors (Lipinski definition) is 2. The van der Waals surface area contributed by atoms with Gasteiger partial charge in [0, 0.05) is 37.0 Å². The van der Waals surface area contributed by atoms with Crippen LogP contribution < -0.4 is 10.4 Å². The minimum atomic E-state index is -0.745. The molecule has 0 unspecified atom stereocenters. The molecule has 0 radical (unpaired) electrons. The molecule has 2 N–H and O–H groups in total. The molecule has 0 aliphatic heterocycles. The molecule has 3 rings (SSSR count). The van der Waals surface area contributed by atoms with Crippen molar-refractivity contribution >= 4 is 29.5 Å². The third-order valence-electron chi connectivity index (χ3n) is 5.06. The van der Waals surface area contributed by atoms with E-state index in [9.17, 15) is 19.2 Å². The average Bonchev–Trinajstić information content (AvgIpc) is 3.00. The summed E-state index contributed by atoms with van der Waals surface area (Å²) in [5.74, 6) is 0.0237. The summed E-state index contributed by atoms with van der Waals surface area (Å²) in [6, 6.07) is 17.5. The fourth-order valence-corrected chi connectivity index (χ4v) is 2.92. The summed E-state index contributed by atoms with van der Waals surface area (Å²) in [6.07, 6.45) is 13.4. The van der Waals surface area contributed by atoms with Gasteiger partial charge < -0.3 is 24.2 Å². The Balaban J connectivity index is 0. The summed E-state index contributed by atoms with van der Waals surface area (Å²) in [5, 5.41) is 15.7. The molecule has 0 amide bonds. The summed E-state index contributed by atoms with van der Waals surface area (Å²) in [4.78, 5) is 40.2. The number of methoxy groups -OCH3 is 1. The second-order valence-corrected chi connectivity index (χ2v) is 8.08. The van der Waals surface area contributed by atoms with Gasteiger partial charge in [-0.3, -0.25) is 9.59 Å². The molecular weight excluding hydrogens is 512 g/mol. The van der Waals surface area contributed by atoms with Crippen molar-refractivity contribution in [3.8, 4) is 5.75 Å². The van der Waals surface area contributed by atoms with Gasteiger partial charge in [0.1, 0.15) is 23.9 Å². The third-order valence-corrected chi connectivity index (χ3v) is 5.06. The number of carbonyl (C=O) groups excluding carboxylic acids is 2. The largest absolute Gasteiger partial charge is 0.497 e. The van der Waals surface area contributed by atoms with Gasteiger partial charge >= 0.3 is 11.6 Å². The maximum atomic E-state index is 10.7. The molecule has 1 heterocycles. The molecule has 0 atom stereocenters. The predicted octanol–water partition coefficient (Wildman–Crippen LogP) is 6.88. The Morgan fingerprint density at radius 2 is 1.43 bits per heavy atom. The van der Waals surface area contributed by atoms with Crippen molar-refractivity contribution in [2.24, 2.45) is 0 Å². The summed E-state index contributed by atoms with van der Waals surface area (Å²) in [5.41, 5.74) is 1.00. The zero-order chi connectivity index (χ0) is 30.4. The van der Waals surface area contributed by atoms with Gasteiger partial charge in [0.05, 0.1) is 7.11 Å². The van der Waals surface area contributed by atoms with Crippen molar-refractivity contribution in [3.63, 3.8) is 0 Å². The number of allylic oxidation sites excluding steroid dienone is 1. The molecule has 40 heavy (non-hydrogen) atoms. The summed E-state index contributed by atoms with van der Waals surface area (Å²) < 4.78 is 9.80. The first-order valence-corrected chi connectivity index (χ1v) is 13.2. The molecule has 2 aromatic carbocycles. The van der Waals surface area contributed by atoms with Crippen LogP contribution in [0.4, 0.5) is 0 Å². The van der Waals surface area contributed by atoms with Crippen molar-refractivity contribution < 1.29 is 33.8 Å². The molecule has 0 spiro atoms. The number of para-hydroxylation sites is 1. The molecule has 8 nitrogen and oxygen atoms in total. The van der Waals surface area contributed by atoms with Crippen LogP contribution >= 0.6 is 0 Å². The Morgan fingerprint density at radius 1 is 0.875 bits per heavy atom. The molecule has 0 saturated heterocycles. The fraction of sp³-hybridized carbons (Fsp3) is 0.375. The van der Waals surface area contributed by atoms with E-state index in [2.05, 4.69) is 6.58 Å². The van der Waals surface area contributed by atoms with E-state index in [0.717, 1.165) is 50.1 Å². The molecular formula is C32H44O8. The number of rotatable bonds is 12. The number of aliphatic hydroxyl groups excluding tert-OH is 1. The van der Waals surface area contributed by atoms with E-state index in [1.165, 1.54) is 38.2 Å². The molecule has 0 aliphatic rings. The Labute approximate surface area is 237 Å². The van der Waals surface area contributed by atoms with Crippen LogP contribution in [-0.2, 0) is 9.59 Å². The van der Waals surface area contributed by atoms with Crippen LogP contribution in [0.1, 0.15) is 75.1 Å². The zero-order valence-electron chi connectivity index (χ0n) is 23.9. The van der Waals surface area contributed by atoms with Gasteiger partial charge in [0.25, 0.3) is 0 Å². The number of carboxylic acid groups (broad SMARTS) is 1. The molecule has 8 heteroatoms. The number of carbonyl (C=O) groups is 3. The fourth-order valence-electron chi connectivity index (χ4n) is 2.92. The van der Waals surface area contributed by atoms with E-state index in [1.54, 1.807) is 50.4 Å². The van der Waals surface area contributed by atoms with E-state index in [0.29, 0.717) is 11.1 Å². The standard InChI is InChI=1S/C11H20O.C9H6O2.C8H8O2.C3H6O2.CH4O/c1-2-3-4-5-6-7-8-9-10-11-12;10-9-6-5-7-3-1-2-4-8(7)11-9;1-10-8-4-2-7(6-9)3-5-8;1-2-3(4)5;1-2/h2,11H,1,3-10H2;1-6H;2-6H,1H3;2H2,1H3,(H,4,5);2H,1H3. The zero-order valence-corrected chi connectivity index (χ0v) is 23.9. The predicted molar refractivity (Wildman–Crippen MR) is 160 cm³/mol. The van der Waals surface area contributed by atoms with Crippen LogP contribution in [0.3, 0.4) is 0 Å². The number of benzene rings is 2. The summed E-state index contributed by atoms with van der Waals surface area (Å²) in [7, 11) is 2.59. The average molecular weight is 557 g/mol. The molecule has 0 fully saturated rings. The van der Waals surface area contributed by atoms with Gasteiger partial charge in [0.15, 0.2) is 0 Å². The number of aliphatic hydroxyl groups is 1. The maximum absolute atomic E-state index is 10.7. The third kappa shape index (κ3) is 22.0. The second-order valence-electron chi connectivity index (χ2n) is 8.08. The highest BCUT2D eigenvalue weighted by Gasteiger charge is 1.92. The van der Waals surface area contributed by atoms with Gasteiger partial charge in [-0.1, -0.05) is 56.9 Å². The van der Waals surface area contributed by atoms with Gasteiger partial charge in [0.2, 0.25) is 0 Å². The molecule has 3 aromatic rings. The number of ether oxygens (including phenoxy) is 1. The first-order valence-electron chi connectivity index (χ1n) is 13.2. The van der Waals surface area contributed by atoms with E-state index in [1.807, 2.05) is 24.3 Å². The number of carboxylic acids is 1. The van der Waals surface area contributed by atoms with Gasteiger partial charge in [-0.2, -0.15) is 0 Å². The Bertz CT molecular complexity index is 1090. The number of hydrogen-bond acceptors (Lipinski definition) is 7. The van der Waals surface area contributed by atoms with E-state index in [4.69, 9.17) is 19.4 Å². The summed E-state index contributed by atoms with van der Waals surface area (Å²) >= 11 is 0. The Morgan fingerprint density at radius 3 is 1.93 bits per heavy atom. The minimum Gasteiger partial charge on any atom is -0.497 e. The highest BCUT2D eigenvalue weighted by molar-refractivity contribution is 5.76. The number of fused-ring (bicyclic) bond motifs is 1. The van der Waals surface area contributed by atoms with Crippen molar-refractivity contribution in [2.45, 2.75) is 64.7 Å². The topological polar surface area (TPSA) is 131 Å². The minimum absolute atomic E-state index is 0.222. The van der Waals surface area contributed by atoms with Gasteiger partial charge in [-0.05, 0) is 55.7 Å². The van der Waals surface area contributed by atoms with Crippen LogP contribution in [0.15, 0.2) is 82.5 Å². The van der Waals surface area contributed by atoms with Crippen LogP contribution in [-0.4, -0.2) is 43.0 Å². The van der Waals surface area contributed by atoms with Crippen molar-refractivity contribution in [3.05, 3.63) is 89.3 Å². The van der Waals surface area contributed by atoms with Crippen LogP contribution in [0, 0.1) is 0 Å². The van der Waals surface area contributed by atoms with Crippen LogP contribution in [0.2, 0.25) is 0 Å². The molecule has 220 valence electrons. The second kappa shape index (κ2) is 28.0. The first-order chi connectivity index (χ1) is 19.4. The SMILES string of the molecule is C=CCCCCCCCCC=O.CCC(=O)O.CO.COc1ccc(C=O)cc1.O=c1ccc2ccccc2o1. The van der Waals surface area contributed by atoms with Crippen LogP contribution in [0.5, 0.6) is 5.75 Å². The van der Waals surface area contributed by atoms with Crippen LogP contribution in [0.25, 0.3) is 11.0 Å². The van der Waals surface area contributed by atoms with Crippen molar-refractivity contribution in [1.29, 1.82) is 0 Å². The lowest BCUT2D eigenvalue weighted by Gasteiger charge is -1.97.